The van der Waals surface area contributed by atoms with Gasteiger partial charge in [0.15, 0.2) is 5.78 Å². The van der Waals surface area contributed by atoms with Crippen LogP contribution in [0.15, 0.2) is 18.0 Å². The van der Waals surface area contributed by atoms with Gasteiger partial charge in [-0.25, -0.2) is 9.97 Å². The number of ketones is 1. The highest BCUT2D eigenvalue weighted by molar-refractivity contribution is 6.10. The van der Waals surface area contributed by atoms with Gasteiger partial charge in [0.2, 0.25) is 0 Å². The number of hydrogen-bond donors (Lipinski definition) is 1. The molecular formula is C10H10N2O2. The van der Waals surface area contributed by atoms with Crippen LogP contribution in [-0.2, 0) is 6.42 Å². The fourth-order valence-corrected chi connectivity index (χ4v) is 1.56. The van der Waals surface area contributed by atoms with E-state index in [9.17, 15) is 4.79 Å². The van der Waals surface area contributed by atoms with E-state index in [1.807, 2.05) is 0 Å². The fraction of sp³-hybridized carbons (Fsp3) is 0.300. The molecule has 72 valence electrons. The van der Waals surface area contributed by atoms with Gasteiger partial charge < -0.3 is 5.11 Å². The highest BCUT2D eigenvalue weighted by Crippen LogP contribution is 2.22. The van der Waals surface area contributed by atoms with Crippen LogP contribution in [0.1, 0.15) is 28.3 Å². The van der Waals surface area contributed by atoms with Gasteiger partial charge in [-0.1, -0.05) is 0 Å². The number of aromatic nitrogens is 2. The monoisotopic (exact) mass is 190 g/mol. The van der Waals surface area contributed by atoms with Crippen LogP contribution in [0.3, 0.4) is 0 Å². The Morgan fingerprint density at radius 1 is 1.50 bits per heavy atom. The molecule has 0 bridgehead atoms. The van der Waals surface area contributed by atoms with E-state index in [0.29, 0.717) is 29.8 Å². The number of rotatable bonds is 0. The summed E-state index contributed by atoms with van der Waals surface area (Å²) >= 11 is 0. The van der Waals surface area contributed by atoms with Crippen LogP contribution in [0, 0.1) is 6.92 Å². The van der Waals surface area contributed by atoms with E-state index in [0.717, 1.165) is 12.0 Å². The summed E-state index contributed by atoms with van der Waals surface area (Å²) in [5.74, 6) is 0.515. The number of fused-ring (bicyclic) bond motifs is 1. The average molecular weight is 190 g/mol. The maximum Gasteiger partial charge on any atom is 0.195 e. The number of hydrogen-bond acceptors (Lipinski definition) is 4. The zero-order chi connectivity index (χ0) is 10.1. The number of aliphatic hydroxyl groups is 1. The molecule has 0 amide bonds. The summed E-state index contributed by atoms with van der Waals surface area (Å²) in [6.07, 6.45) is 3.66. The Morgan fingerprint density at radius 3 is 3.00 bits per heavy atom. The number of carbonyl (C=O) groups is 1. The summed E-state index contributed by atoms with van der Waals surface area (Å²) < 4.78 is 0. The first-order valence-corrected chi connectivity index (χ1v) is 4.43. The summed E-state index contributed by atoms with van der Waals surface area (Å²) in [5, 5.41) is 8.82. The standard InChI is InChI=1S/C10H10N2O2/c1-6-11-4-8-9(12-6)3-2-7(5-13)10(8)14/h4-5,13H,2-3H2,1H3/b7-5-. The van der Waals surface area contributed by atoms with E-state index in [-0.39, 0.29) is 5.78 Å². The first kappa shape index (κ1) is 8.87. The van der Waals surface area contributed by atoms with E-state index >= 15 is 0 Å². The lowest BCUT2D eigenvalue weighted by Gasteiger charge is -2.14. The molecule has 1 aliphatic carbocycles. The largest absolute Gasteiger partial charge is 0.515 e. The smallest absolute Gasteiger partial charge is 0.195 e. The maximum atomic E-state index is 11.7. The van der Waals surface area contributed by atoms with Gasteiger partial charge in [0.05, 0.1) is 17.5 Å². The number of nitrogens with zero attached hydrogens (tertiary/aromatic N) is 2. The van der Waals surface area contributed by atoms with Crippen LogP contribution in [0.2, 0.25) is 0 Å². The van der Waals surface area contributed by atoms with Crippen molar-refractivity contribution < 1.29 is 9.90 Å². The molecule has 1 aliphatic rings. The summed E-state index contributed by atoms with van der Waals surface area (Å²) in [6, 6.07) is 0. The quantitative estimate of drug-likeness (QED) is 0.495. The molecule has 0 aliphatic heterocycles. The number of allylic oxidation sites excluding steroid dienone is 1. The van der Waals surface area contributed by atoms with Gasteiger partial charge in [-0.3, -0.25) is 4.79 Å². The molecule has 4 nitrogen and oxygen atoms in total. The zero-order valence-corrected chi connectivity index (χ0v) is 7.82. The van der Waals surface area contributed by atoms with Gasteiger partial charge in [-0.15, -0.1) is 0 Å². The Hall–Kier alpha value is -1.71. The normalized spacial score (nSPS) is 18.4. The molecule has 0 aromatic carbocycles. The molecular weight excluding hydrogens is 180 g/mol. The van der Waals surface area contributed by atoms with Crippen molar-refractivity contribution in [1.82, 2.24) is 9.97 Å². The lowest BCUT2D eigenvalue weighted by Crippen LogP contribution is -2.16. The van der Waals surface area contributed by atoms with E-state index in [2.05, 4.69) is 9.97 Å². The predicted octanol–water partition coefficient (Wildman–Crippen LogP) is 1.36. The molecule has 0 atom stereocenters. The Morgan fingerprint density at radius 2 is 2.29 bits per heavy atom. The van der Waals surface area contributed by atoms with Crippen molar-refractivity contribution in [2.75, 3.05) is 0 Å². The van der Waals surface area contributed by atoms with Crippen molar-refractivity contribution in [3.63, 3.8) is 0 Å². The third kappa shape index (κ3) is 1.28. The van der Waals surface area contributed by atoms with Crippen molar-refractivity contribution in [2.24, 2.45) is 0 Å². The van der Waals surface area contributed by atoms with E-state index < -0.39 is 0 Å². The van der Waals surface area contributed by atoms with Gasteiger partial charge in [0.1, 0.15) is 5.82 Å². The minimum absolute atomic E-state index is 0.159. The van der Waals surface area contributed by atoms with Gasteiger partial charge in [0, 0.05) is 11.8 Å². The van der Waals surface area contributed by atoms with E-state index in [1.54, 1.807) is 6.92 Å². The van der Waals surface area contributed by atoms with Crippen LogP contribution < -0.4 is 0 Å². The molecule has 4 heteroatoms. The molecule has 0 fully saturated rings. The van der Waals surface area contributed by atoms with E-state index in [1.165, 1.54) is 6.20 Å². The topological polar surface area (TPSA) is 63.1 Å². The van der Waals surface area contributed by atoms with Gasteiger partial charge in [-0.05, 0) is 19.8 Å². The number of carbonyl (C=O) groups excluding carboxylic acids is 1. The molecule has 14 heavy (non-hydrogen) atoms. The molecule has 0 unspecified atom stereocenters. The minimum Gasteiger partial charge on any atom is -0.515 e. The summed E-state index contributed by atoms with van der Waals surface area (Å²) in [5.41, 5.74) is 1.74. The summed E-state index contributed by atoms with van der Waals surface area (Å²) in [4.78, 5) is 19.8. The SMILES string of the molecule is Cc1ncc2c(n1)CC/C(=C/O)C2=O. The lowest BCUT2D eigenvalue weighted by atomic mass is 9.92. The lowest BCUT2D eigenvalue weighted by molar-refractivity contribution is 0.102. The van der Waals surface area contributed by atoms with Gasteiger partial charge in [0.25, 0.3) is 0 Å². The number of aryl methyl sites for hydroxylation is 2. The van der Waals surface area contributed by atoms with Crippen molar-refractivity contribution in [1.29, 1.82) is 0 Å². The molecule has 1 N–H and O–H groups in total. The zero-order valence-electron chi connectivity index (χ0n) is 7.82. The third-order valence-electron chi connectivity index (χ3n) is 2.31. The van der Waals surface area contributed by atoms with Crippen LogP contribution in [0.5, 0.6) is 0 Å². The van der Waals surface area contributed by atoms with E-state index in [4.69, 9.17) is 5.11 Å². The average Bonchev–Trinajstić information content (AvgIpc) is 2.18. The predicted molar refractivity (Wildman–Crippen MR) is 50.1 cm³/mol. The van der Waals surface area contributed by atoms with Crippen molar-refractivity contribution in [2.45, 2.75) is 19.8 Å². The van der Waals surface area contributed by atoms with Gasteiger partial charge >= 0.3 is 0 Å². The minimum atomic E-state index is -0.159. The van der Waals surface area contributed by atoms with Crippen LogP contribution >= 0.6 is 0 Å². The molecule has 0 saturated heterocycles. The first-order chi connectivity index (χ1) is 6.72. The summed E-state index contributed by atoms with van der Waals surface area (Å²) in [7, 11) is 0. The second-order valence-corrected chi connectivity index (χ2v) is 3.26. The second-order valence-electron chi connectivity index (χ2n) is 3.26. The summed E-state index contributed by atoms with van der Waals surface area (Å²) in [6.45, 7) is 1.79. The molecule has 0 spiro atoms. The Labute approximate surface area is 81.3 Å². The van der Waals surface area contributed by atoms with Crippen LogP contribution in [0.25, 0.3) is 0 Å². The maximum absolute atomic E-state index is 11.7. The highest BCUT2D eigenvalue weighted by Gasteiger charge is 2.23. The Kier molecular flexibility index (Phi) is 2.04. The Bertz CT molecular complexity index is 424. The molecule has 1 aromatic rings. The molecule has 0 radical (unpaired) electrons. The van der Waals surface area contributed by atoms with Crippen molar-refractivity contribution in [3.8, 4) is 0 Å². The fourth-order valence-electron chi connectivity index (χ4n) is 1.56. The highest BCUT2D eigenvalue weighted by atomic mass is 16.2. The number of aliphatic hydroxyl groups excluding tert-OH is 1. The van der Waals surface area contributed by atoms with Gasteiger partial charge in [-0.2, -0.15) is 0 Å². The molecule has 1 aromatic heterocycles. The Balaban J connectivity index is 2.52. The second kappa shape index (κ2) is 3.21. The number of Topliss-reactive ketones (excluding diaryl/α,β-unsaturated/α-hetero) is 1. The van der Waals surface area contributed by atoms with Crippen LogP contribution in [-0.4, -0.2) is 20.9 Å². The van der Waals surface area contributed by atoms with Crippen LogP contribution in [0.4, 0.5) is 0 Å². The molecule has 0 saturated carbocycles. The van der Waals surface area contributed by atoms with Crippen molar-refractivity contribution in [3.05, 3.63) is 35.1 Å². The van der Waals surface area contributed by atoms with Crippen molar-refractivity contribution >= 4 is 5.78 Å². The molecule has 1 heterocycles. The third-order valence-corrected chi connectivity index (χ3v) is 2.31. The molecule has 2 rings (SSSR count). The first-order valence-electron chi connectivity index (χ1n) is 4.43.